The minimum absolute atomic E-state index is 0.254. The van der Waals surface area contributed by atoms with E-state index in [1.54, 1.807) is 23.2 Å². The number of alkyl halides is 1. The Morgan fingerprint density at radius 2 is 1.55 bits per heavy atom. The number of esters is 1. The lowest BCUT2D eigenvalue weighted by atomic mass is 9.94. The molecule has 0 aromatic heterocycles. The van der Waals surface area contributed by atoms with Gasteiger partial charge in [-0.2, -0.15) is 0 Å². The van der Waals surface area contributed by atoms with E-state index < -0.39 is 24.3 Å². The Morgan fingerprint density at radius 1 is 0.909 bits per heavy atom. The van der Waals surface area contributed by atoms with E-state index in [4.69, 9.17) is 16.3 Å². The molecule has 2 N–H and O–H groups in total. The molecule has 1 heterocycles. The predicted octanol–water partition coefficient (Wildman–Crippen LogP) is 7.63. The molecule has 2 amide bonds. The Hall–Kier alpha value is -4.33. The highest BCUT2D eigenvalue weighted by Gasteiger charge is 2.41. The molecule has 7 nitrogen and oxygen atoms in total. The minimum Gasteiger partial charge on any atom is -0.449 e. The fourth-order valence-corrected chi connectivity index (χ4v) is 5.87. The van der Waals surface area contributed by atoms with Crippen LogP contribution in [0.25, 0.3) is 0 Å². The van der Waals surface area contributed by atoms with Crippen molar-refractivity contribution in [1.82, 2.24) is 10.3 Å². The molecule has 1 atom stereocenters. The van der Waals surface area contributed by atoms with Crippen LogP contribution in [0.2, 0.25) is 0 Å². The van der Waals surface area contributed by atoms with Crippen LogP contribution in [-0.4, -0.2) is 34.5 Å². The van der Waals surface area contributed by atoms with E-state index in [0.717, 1.165) is 27.8 Å². The molecule has 0 saturated carbocycles. The number of benzene rings is 4. The number of aryl methyl sites for hydroxylation is 1. The van der Waals surface area contributed by atoms with Gasteiger partial charge in [-0.25, -0.2) is 14.6 Å². The largest absolute Gasteiger partial charge is 0.449 e. The average molecular weight is 612 g/mol. The molecule has 44 heavy (non-hydrogen) atoms. The standard InChI is InChI=1S/C36H38ClN3O4/c1-24(2)28-18-10-13-25(3)31(28)23-38-36(43)40-34(41)29-19-11-20-30(32(29)39(40)22-12-21-37)35(42)44-33(26-14-6-4-7-15-26)27-16-8-5-9-17-27/h4-11,13-20,24,33-34,41H,12,21-23H2,1-3H3,(H,38,43). The molecule has 1 unspecified atom stereocenters. The molecule has 1 aliphatic heterocycles. The number of ether oxygens (including phenoxy) is 1. The summed E-state index contributed by atoms with van der Waals surface area (Å²) >= 11 is 6.08. The van der Waals surface area contributed by atoms with Crippen molar-refractivity contribution in [2.45, 2.75) is 52.0 Å². The molecule has 0 fully saturated rings. The maximum absolute atomic E-state index is 13.9. The fourth-order valence-electron chi connectivity index (χ4n) is 5.75. The number of fused-ring (bicyclic) bond motifs is 1. The molecular weight excluding hydrogens is 574 g/mol. The molecule has 1 aliphatic rings. The number of halogens is 1. The number of aliphatic hydroxyl groups is 1. The first-order chi connectivity index (χ1) is 21.3. The second kappa shape index (κ2) is 14.0. The first-order valence-corrected chi connectivity index (χ1v) is 15.5. The summed E-state index contributed by atoms with van der Waals surface area (Å²) in [7, 11) is 0. The number of amides is 2. The lowest BCUT2D eigenvalue weighted by Crippen LogP contribution is -2.49. The zero-order valence-corrected chi connectivity index (χ0v) is 26.0. The van der Waals surface area contributed by atoms with Crippen molar-refractivity contribution in [3.05, 3.63) is 136 Å². The number of nitrogens with one attached hydrogen (secondary N) is 1. The second-order valence-corrected chi connectivity index (χ2v) is 11.6. The van der Waals surface area contributed by atoms with Crippen LogP contribution in [0, 0.1) is 6.92 Å². The van der Waals surface area contributed by atoms with E-state index >= 15 is 0 Å². The first-order valence-electron chi connectivity index (χ1n) is 14.9. The zero-order valence-electron chi connectivity index (χ0n) is 25.2. The van der Waals surface area contributed by atoms with Crippen molar-refractivity contribution in [3.8, 4) is 0 Å². The SMILES string of the molecule is Cc1cccc(C(C)C)c1CNC(=O)N1C(O)c2cccc(C(=O)OC(c3ccccc3)c3ccccc3)c2N1CCCCl. The van der Waals surface area contributed by atoms with Crippen LogP contribution in [0.15, 0.2) is 97.1 Å². The van der Waals surface area contributed by atoms with E-state index in [1.807, 2.05) is 79.7 Å². The smallest absolute Gasteiger partial charge is 0.341 e. The molecule has 0 saturated heterocycles. The number of carbonyl (C=O) groups excluding carboxylic acids is 2. The normalized spacial score (nSPS) is 14.2. The summed E-state index contributed by atoms with van der Waals surface area (Å²) in [6.07, 6.45) is -1.42. The van der Waals surface area contributed by atoms with Crippen LogP contribution in [0.5, 0.6) is 0 Å². The van der Waals surface area contributed by atoms with Gasteiger partial charge in [-0.1, -0.05) is 105 Å². The number of hydrogen-bond acceptors (Lipinski definition) is 5. The highest BCUT2D eigenvalue weighted by molar-refractivity contribution is 6.17. The van der Waals surface area contributed by atoms with Gasteiger partial charge in [-0.05, 0) is 53.1 Å². The molecule has 0 aliphatic carbocycles. The summed E-state index contributed by atoms with van der Waals surface area (Å²) in [6, 6.07) is 29.8. The van der Waals surface area contributed by atoms with Crippen LogP contribution >= 0.6 is 11.6 Å². The quantitative estimate of drug-likeness (QED) is 0.142. The molecule has 4 aromatic rings. The molecule has 0 bridgehead atoms. The molecule has 228 valence electrons. The number of hydrazine groups is 1. The summed E-state index contributed by atoms with van der Waals surface area (Å²) in [4.78, 5) is 27.7. The Bertz CT molecular complexity index is 1560. The van der Waals surface area contributed by atoms with Gasteiger partial charge < -0.3 is 15.2 Å². The number of carbonyl (C=O) groups is 2. The van der Waals surface area contributed by atoms with Gasteiger partial charge in [0.05, 0.1) is 11.3 Å². The second-order valence-electron chi connectivity index (χ2n) is 11.2. The minimum atomic E-state index is -1.30. The fraction of sp³-hybridized carbons (Fsp3) is 0.278. The summed E-state index contributed by atoms with van der Waals surface area (Å²) < 4.78 is 6.18. The van der Waals surface area contributed by atoms with Gasteiger partial charge in [-0.3, -0.25) is 5.01 Å². The van der Waals surface area contributed by atoms with Gasteiger partial charge in [0.25, 0.3) is 0 Å². The number of urea groups is 1. The van der Waals surface area contributed by atoms with Gasteiger partial charge in [-0.15, -0.1) is 11.6 Å². The van der Waals surface area contributed by atoms with Gasteiger partial charge in [0.1, 0.15) is 0 Å². The summed E-state index contributed by atoms with van der Waals surface area (Å²) in [5.41, 5.74) is 6.08. The third-order valence-electron chi connectivity index (χ3n) is 7.94. The van der Waals surface area contributed by atoms with E-state index in [9.17, 15) is 14.7 Å². The lowest BCUT2D eigenvalue weighted by molar-refractivity contribution is 0.0350. The number of rotatable bonds is 10. The number of hydrogen-bond donors (Lipinski definition) is 2. The Labute approximate surface area is 264 Å². The van der Waals surface area contributed by atoms with Gasteiger partial charge in [0, 0.05) is 24.5 Å². The van der Waals surface area contributed by atoms with Crippen LogP contribution in [0.1, 0.15) is 82.3 Å². The van der Waals surface area contributed by atoms with Crippen LogP contribution in [0.4, 0.5) is 10.5 Å². The number of para-hydroxylation sites is 1. The molecule has 0 spiro atoms. The van der Waals surface area contributed by atoms with E-state index in [0.29, 0.717) is 36.6 Å². The predicted molar refractivity (Wildman–Crippen MR) is 174 cm³/mol. The van der Waals surface area contributed by atoms with Gasteiger partial charge >= 0.3 is 12.0 Å². The zero-order chi connectivity index (χ0) is 31.2. The highest BCUT2D eigenvalue weighted by atomic mass is 35.5. The average Bonchev–Trinajstić information content (AvgIpc) is 3.33. The first kappa shape index (κ1) is 31.1. The van der Waals surface area contributed by atoms with Crippen LogP contribution in [-0.2, 0) is 11.3 Å². The van der Waals surface area contributed by atoms with E-state index in [-0.39, 0.29) is 11.5 Å². The lowest BCUT2D eigenvalue weighted by Gasteiger charge is -2.32. The number of anilines is 1. The summed E-state index contributed by atoms with van der Waals surface area (Å²) in [6.45, 7) is 6.88. The van der Waals surface area contributed by atoms with Crippen molar-refractivity contribution in [2.75, 3.05) is 17.4 Å². The Balaban J connectivity index is 1.45. The van der Waals surface area contributed by atoms with E-state index in [1.165, 1.54) is 5.01 Å². The van der Waals surface area contributed by atoms with Crippen molar-refractivity contribution in [1.29, 1.82) is 0 Å². The van der Waals surface area contributed by atoms with Crippen LogP contribution in [0.3, 0.4) is 0 Å². The molecule has 4 aromatic carbocycles. The molecule has 8 heteroatoms. The maximum Gasteiger partial charge on any atom is 0.341 e. The van der Waals surface area contributed by atoms with Crippen molar-refractivity contribution >= 4 is 29.3 Å². The molecule has 5 rings (SSSR count). The van der Waals surface area contributed by atoms with Gasteiger partial charge in [0.2, 0.25) is 0 Å². The number of aliphatic hydroxyl groups excluding tert-OH is 1. The van der Waals surface area contributed by atoms with Crippen molar-refractivity contribution in [3.63, 3.8) is 0 Å². The Kier molecular flexibility index (Phi) is 9.88. The van der Waals surface area contributed by atoms with Gasteiger partial charge in [0.15, 0.2) is 12.3 Å². The monoisotopic (exact) mass is 611 g/mol. The highest BCUT2D eigenvalue weighted by Crippen LogP contribution is 2.42. The van der Waals surface area contributed by atoms with Crippen molar-refractivity contribution in [2.24, 2.45) is 0 Å². The summed E-state index contributed by atoms with van der Waals surface area (Å²) in [5.74, 6) is 0.0638. The number of nitrogens with zero attached hydrogens (tertiary/aromatic N) is 2. The van der Waals surface area contributed by atoms with Crippen LogP contribution < -0.4 is 10.3 Å². The molecule has 0 radical (unpaired) electrons. The van der Waals surface area contributed by atoms with Crippen molar-refractivity contribution < 1.29 is 19.4 Å². The molecular formula is C36H38ClN3O4. The third kappa shape index (κ3) is 6.44. The summed E-state index contributed by atoms with van der Waals surface area (Å²) in [5, 5.41) is 17.4. The Morgan fingerprint density at radius 3 is 2.16 bits per heavy atom. The topological polar surface area (TPSA) is 82.1 Å². The van der Waals surface area contributed by atoms with E-state index in [2.05, 4.69) is 25.2 Å². The maximum atomic E-state index is 13.9. The third-order valence-corrected chi connectivity index (χ3v) is 8.21.